The lowest BCUT2D eigenvalue weighted by Crippen LogP contribution is -2.72. The molecule has 6 nitrogen and oxygen atoms in total. The molecule has 0 bridgehead atoms. The second-order valence-electron chi connectivity index (χ2n) is 8.75. The summed E-state index contributed by atoms with van der Waals surface area (Å²) in [7, 11) is 3.36. The minimum atomic E-state index is -1.16. The van der Waals surface area contributed by atoms with Crippen molar-refractivity contribution in [3.05, 3.63) is 29.3 Å². The average Bonchev–Trinajstić information content (AvgIpc) is 3.51. The van der Waals surface area contributed by atoms with Crippen LogP contribution in [0, 0.1) is 17.8 Å². The van der Waals surface area contributed by atoms with Crippen LogP contribution < -0.4 is 10.1 Å². The van der Waals surface area contributed by atoms with Gasteiger partial charge < -0.3 is 19.7 Å². The molecule has 2 aliphatic heterocycles. The Morgan fingerprint density at radius 2 is 1.97 bits per heavy atom. The molecule has 2 heterocycles. The second kappa shape index (κ2) is 6.50. The van der Waals surface area contributed by atoms with Crippen molar-refractivity contribution in [1.29, 1.82) is 0 Å². The lowest BCUT2D eigenvalue weighted by atomic mass is 9.65. The van der Waals surface area contributed by atoms with Gasteiger partial charge in [0.15, 0.2) is 11.3 Å². The lowest BCUT2D eigenvalue weighted by Gasteiger charge is -2.49. The average molecular weight is 394 g/mol. The summed E-state index contributed by atoms with van der Waals surface area (Å²) < 4.78 is 12.0. The zero-order valence-corrected chi connectivity index (χ0v) is 16.9. The first-order valence-electron chi connectivity index (χ1n) is 10.4. The Hall–Kier alpha value is -2.52. The highest BCUT2D eigenvalue weighted by Gasteiger charge is 2.67. The number of nitrogens with zero attached hydrogens (tertiary/aromatic N) is 1. The molecule has 3 fully saturated rings. The molecule has 4 aliphatic rings. The van der Waals surface area contributed by atoms with E-state index in [9.17, 15) is 9.59 Å². The number of fused-ring (bicyclic) bond motifs is 3. The van der Waals surface area contributed by atoms with E-state index in [4.69, 9.17) is 9.47 Å². The van der Waals surface area contributed by atoms with Crippen LogP contribution in [0.3, 0.4) is 0 Å². The Bertz CT molecular complexity index is 934. The topological polar surface area (TPSA) is 67.9 Å². The number of likely N-dealkylation sites (N-methyl/N-ethyl adjacent to an activating group) is 1. The van der Waals surface area contributed by atoms with Gasteiger partial charge in [0.25, 0.3) is 0 Å². The predicted molar refractivity (Wildman–Crippen MR) is 107 cm³/mol. The number of rotatable bonds is 1. The number of methoxy groups -OCH3 is 1. The van der Waals surface area contributed by atoms with Crippen LogP contribution in [-0.2, 0) is 15.1 Å². The summed E-state index contributed by atoms with van der Waals surface area (Å²) >= 11 is 0. The minimum absolute atomic E-state index is 0.0264. The summed E-state index contributed by atoms with van der Waals surface area (Å²) in [6.45, 7) is 0.0715. The van der Waals surface area contributed by atoms with Crippen molar-refractivity contribution in [1.82, 2.24) is 10.2 Å². The maximum atomic E-state index is 13.5. The van der Waals surface area contributed by atoms with Crippen molar-refractivity contribution in [2.24, 2.45) is 5.92 Å². The van der Waals surface area contributed by atoms with E-state index in [1.165, 1.54) is 4.90 Å². The number of hydrogen-bond acceptors (Lipinski definition) is 4. The van der Waals surface area contributed by atoms with Crippen LogP contribution in [-0.4, -0.2) is 49.1 Å². The third-order valence-corrected chi connectivity index (χ3v) is 6.88. The van der Waals surface area contributed by atoms with Crippen LogP contribution >= 0.6 is 0 Å². The molecule has 152 valence electrons. The number of ether oxygens (including phenoxy) is 2. The van der Waals surface area contributed by atoms with E-state index in [2.05, 4.69) is 17.2 Å². The van der Waals surface area contributed by atoms with Crippen molar-refractivity contribution < 1.29 is 19.1 Å². The normalized spacial score (nSPS) is 33.2. The minimum Gasteiger partial charge on any atom is -0.484 e. The Balaban J connectivity index is 1.61. The van der Waals surface area contributed by atoms with E-state index in [1.807, 2.05) is 18.2 Å². The molecule has 2 spiro atoms. The molecule has 29 heavy (non-hydrogen) atoms. The number of urea groups is 1. The largest absolute Gasteiger partial charge is 0.484 e. The molecule has 1 N–H and O–H groups in total. The second-order valence-corrected chi connectivity index (χ2v) is 8.75. The first-order valence-corrected chi connectivity index (χ1v) is 10.4. The first kappa shape index (κ1) is 18.5. The SMILES string of the molecule is COC1CCC2(CC1)Oc1ccc(C#CC3CC3)cc1C21NC(=O)N(C)CC1=O. The van der Waals surface area contributed by atoms with Gasteiger partial charge in [0.2, 0.25) is 0 Å². The smallest absolute Gasteiger partial charge is 0.318 e. The number of ketones is 1. The molecule has 0 aromatic heterocycles. The molecule has 1 saturated heterocycles. The standard InChI is InChI=1S/C23H26N2O4/c1-25-14-20(26)23(24-21(25)27)18-13-16(6-5-15-3-4-15)7-8-19(18)29-22(23)11-9-17(28-2)10-12-22/h7-8,13,15,17H,3-4,9-12,14H2,1-2H3,(H,24,27). The number of Topliss-reactive ketones (excluding diaryl/α,β-unsaturated/α-hetero) is 1. The number of amides is 2. The Morgan fingerprint density at radius 3 is 2.66 bits per heavy atom. The van der Waals surface area contributed by atoms with Gasteiger partial charge in [0, 0.05) is 31.2 Å². The maximum Gasteiger partial charge on any atom is 0.318 e. The van der Waals surface area contributed by atoms with Gasteiger partial charge in [-0.3, -0.25) is 4.79 Å². The molecule has 5 rings (SSSR count). The molecular formula is C23H26N2O4. The number of hydrogen-bond donors (Lipinski definition) is 1. The van der Waals surface area contributed by atoms with Gasteiger partial charge >= 0.3 is 6.03 Å². The molecule has 2 amide bonds. The Labute approximate surface area is 170 Å². The Morgan fingerprint density at radius 1 is 1.21 bits per heavy atom. The van der Waals surface area contributed by atoms with Gasteiger partial charge in [-0.2, -0.15) is 0 Å². The fourth-order valence-corrected chi connectivity index (χ4v) is 5.02. The van der Waals surface area contributed by atoms with Crippen LogP contribution in [0.5, 0.6) is 5.75 Å². The van der Waals surface area contributed by atoms with Crippen LogP contribution in [0.25, 0.3) is 0 Å². The van der Waals surface area contributed by atoms with E-state index >= 15 is 0 Å². The van der Waals surface area contributed by atoms with Crippen LogP contribution in [0.2, 0.25) is 0 Å². The third-order valence-electron chi connectivity index (χ3n) is 6.88. The Kier molecular flexibility index (Phi) is 4.15. The number of benzene rings is 1. The highest BCUT2D eigenvalue weighted by atomic mass is 16.5. The van der Waals surface area contributed by atoms with Gasteiger partial charge in [0.05, 0.1) is 12.6 Å². The number of nitrogens with one attached hydrogen (secondary N) is 1. The summed E-state index contributed by atoms with van der Waals surface area (Å²) in [5.74, 6) is 7.66. The molecule has 2 aliphatic carbocycles. The lowest BCUT2D eigenvalue weighted by molar-refractivity contribution is -0.141. The molecule has 2 saturated carbocycles. The molecule has 0 radical (unpaired) electrons. The molecular weight excluding hydrogens is 368 g/mol. The molecule has 1 atom stereocenters. The summed E-state index contributed by atoms with van der Waals surface area (Å²) in [5.41, 5.74) is -0.326. The van der Waals surface area contributed by atoms with E-state index in [-0.39, 0.29) is 24.5 Å². The number of carbonyl (C=O) groups excluding carboxylic acids is 2. The van der Waals surface area contributed by atoms with Gasteiger partial charge in [-0.15, -0.1) is 0 Å². The summed E-state index contributed by atoms with van der Waals surface area (Å²) in [6, 6.07) is 5.56. The van der Waals surface area contributed by atoms with E-state index in [0.717, 1.165) is 36.8 Å². The van der Waals surface area contributed by atoms with E-state index in [1.54, 1.807) is 14.2 Å². The first-order chi connectivity index (χ1) is 14.0. The fraction of sp³-hybridized carbons (Fsp3) is 0.565. The number of carbonyl (C=O) groups is 2. The summed E-state index contributed by atoms with van der Waals surface area (Å²) in [5, 5.41) is 3.07. The van der Waals surface area contributed by atoms with Crippen molar-refractivity contribution in [3.63, 3.8) is 0 Å². The fourth-order valence-electron chi connectivity index (χ4n) is 5.02. The highest BCUT2D eigenvalue weighted by Crippen LogP contribution is 2.55. The van der Waals surface area contributed by atoms with Crippen molar-refractivity contribution in [3.8, 4) is 17.6 Å². The van der Waals surface area contributed by atoms with Gasteiger partial charge in [-0.25, -0.2) is 4.79 Å². The molecule has 1 unspecified atom stereocenters. The third kappa shape index (κ3) is 2.75. The van der Waals surface area contributed by atoms with Crippen molar-refractivity contribution in [2.75, 3.05) is 20.7 Å². The van der Waals surface area contributed by atoms with Crippen LogP contribution in [0.1, 0.15) is 49.7 Å². The maximum absolute atomic E-state index is 13.5. The van der Waals surface area contributed by atoms with Crippen molar-refractivity contribution in [2.45, 2.75) is 55.8 Å². The zero-order chi connectivity index (χ0) is 20.2. The van der Waals surface area contributed by atoms with Gasteiger partial charge in [-0.1, -0.05) is 11.8 Å². The summed E-state index contributed by atoms with van der Waals surface area (Å²) in [4.78, 5) is 27.7. The molecule has 6 heteroatoms. The monoisotopic (exact) mass is 394 g/mol. The van der Waals surface area contributed by atoms with Crippen LogP contribution in [0.15, 0.2) is 18.2 Å². The predicted octanol–water partition coefficient (Wildman–Crippen LogP) is 2.59. The van der Waals surface area contributed by atoms with Gasteiger partial charge in [0.1, 0.15) is 11.4 Å². The van der Waals surface area contributed by atoms with E-state index in [0.29, 0.717) is 24.5 Å². The van der Waals surface area contributed by atoms with Crippen LogP contribution in [0.4, 0.5) is 4.79 Å². The van der Waals surface area contributed by atoms with Crippen molar-refractivity contribution >= 4 is 11.8 Å². The zero-order valence-electron chi connectivity index (χ0n) is 16.9. The van der Waals surface area contributed by atoms with Gasteiger partial charge in [-0.05, 0) is 56.7 Å². The summed E-state index contributed by atoms with van der Waals surface area (Å²) in [6.07, 6.45) is 5.37. The quantitative estimate of drug-likeness (QED) is 0.744. The molecule has 1 aromatic rings. The highest BCUT2D eigenvalue weighted by molar-refractivity contribution is 6.02. The molecule has 1 aromatic carbocycles. The van der Waals surface area contributed by atoms with E-state index < -0.39 is 11.1 Å².